The van der Waals surface area contributed by atoms with E-state index in [1.54, 1.807) is 13.8 Å². The molecule has 1 aromatic carbocycles. The van der Waals surface area contributed by atoms with Gasteiger partial charge in [0.25, 0.3) is 0 Å². The topological polar surface area (TPSA) is 67.2 Å². The average Bonchev–Trinajstić information content (AvgIpc) is 2.73. The molecule has 1 aliphatic carbocycles. The van der Waals surface area contributed by atoms with E-state index in [1.165, 1.54) is 6.42 Å². The fourth-order valence-corrected chi connectivity index (χ4v) is 2.79. The van der Waals surface area contributed by atoms with Gasteiger partial charge in [0, 0.05) is 12.5 Å². The lowest BCUT2D eigenvalue weighted by Gasteiger charge is -2.29. The Morgan fingerprint density at radius 1 is 1.45 bits per heavy atom. The van der Waals surface area contributed by atoms with Crippen molar-refractivity contribution < 1.29 is 9.90 Å². The van der Waals surface area contributed by atoms with Gasteiger partial charge in [-0.05, 0) is 50.8 Å². The van der Waals surface area contributed by atoms with E-state index in [1.807, 2.05) is 25.1 Å². The maximum atomic E-state index is 11.8. The largest absolute Gasteiger partial charge is 0.386 e. The molecule has 1 saturated carbocycles. The molecule has 1 heterocycles. The highest BCUT2D eigenvalue weighted by Gasteiger charge is 2.26. The van der Waals surface area contributed by atoms with Crippen molar-refractivity contribution in [3.63, 3.8) is 0 Å². The molecule has 3 rings (SSSR count). The third-order valence-corrected chi connectivity index (χ3v) is 4.41. The molecule has 0 atom stereocenters. The number of nitrogens with one attached hydrogen (secondary N) is 1. The summed E-state index contributed by atoms with van der Waals surface area (Å²) in [6.07, 6.45) is 3.85. The van der Waals surface area contributed by atoms with Crippen LogP contribution in [-0.4, -0.2) is 20.6 Å². The monoisotopic (exact) mass is 301 g/mol. The number of hydrogen-bond donors (Lipinski definition) is 2. The number of benzene rings is 1. The Hall–Kier alpha value is -1.88. The minimum absolute atomic E-state index is 0.0291. The lowest BCUT2D eigenvalue weighted by molar-refractivity contribution is -0.115. The molecule has 0 radical (unpaired) electrons. The summed E-state index contributed by atoms with van der Waals surface area (Å²) in [4.78, 5) is 16.3. The Labute approximate surface area is 130 Å². The van der Waals surface area contributed by atoms with Crippen LogP contribution < -0.4 is 5.32 Å². The van der Waals surface area contributed by atoms with E-state index in [0.29, 0.717) is 18.4 Å². The fraction of sp³-hybridized carbons (Fsp3) is 0.529. The summed E-state index contributed by atoms with van der Waals surface area (Å²) in [5.41, 5.74) is 1.80. The Balaban J connectivity index is 2.12. The van der Waals surface area contributed by atoms with Crippen molar-refractivity contribution in [2.75, 3.05) is 5.32 Å². The van der Waals surface area contributed by atoms with Crippen molar-refractivity contribution in [2.24, 2.45) is 0 Å². The summed E-state index contributed by atoms with van der Waals surface area (Å²) in [5, 5.41) is 13.1. The number of anilines is 1. The van der Waals surface area contributed by atoms with Gasteiger partial charge in [-0.3, -0.25) is 10.1 Å². The van der Waals surface area contributed by atoms with Crippen LogP contribution in [0.4, 0.5) is 5.95 Å². The van der Waals surface area contributed by atoms with Crippen LogP contribution in [0.15, 0.2) is 18.2 Å². The Morgan fingerprint density at radius 3 is 2.73 bits per heavy atom. The molecule has 0 spiro atoms. The molecule has 1 aromatic heterocycles. The first-order valence-electron chi connectivity index (χ1n) is 7.95. The highest BCUT2D eigenvalue weighted by Crippen LogP contribution is 2.38. The maximum absolute atomic E-state index is 11.8. The fourth-order valence-electron chi connectivity index (χ4n) is 2.79. The smallest absolute Gasteiger partial charge is 0.226 e. The molecule has 2 aromatic rings. The zero-order chi connectivity index (χ0) is 15.9. The molecule has 2 N–H and O–H groups in total. The van der Waals surface area contributed by atoms with Crippen molar-refractivity contribution in [3.05, 3.63) is 23.8 Å². The van der Waals surface area contributed by atoms with E-state index in [4.69, 9.17) is 0 Å². The number of carbonyl (C=O) groups excluding carboxylic acids is 1. The van der Waals surface area contributed by atoms with Gasteiger partial charge in [-0.15, -0.1) is 0 Å². The molecule has 0 saturated heterocycles. The summed E-state index contributed by atoms with van der Waals surface area (Å²) in [5.74, 6) is 0.595. The van der Waals surface area contributed by atoms with E-state index < -0.39 is 5.60 Å². The van der Waals surface area contributed by atoms with Gasteiger partial charge in [0.05, 0.1) is 16.6 Å². The summed E-state index contributed by atoms with van der Waals surface area (Å²) < 4.78 is 2.13. The molecule has 0 aliphatic heterocycles. The van der Waals surface area contributed by atoms with Gasteiger partial charge in [-0.25, -0.2) is 4.98 Å². The summed E-state index contributed by atoms with van der Waals surface area (Å²) in [6.45, 7) is 5.38. The second-order valence-electron chi connectivity index (χ2n) is 6.55. The van der Waals surface area contributed by atoms with Crippen molar-refractivity contribution >= 4 is 22.9 Å². The number of hydrogen-bond acceptors (Lipinski definition) is 3. The number of aliphatic hydroxyl groups is 1. The quantitative estimate of drug-likeness (QED) is 0.910. The molecule has 1 aliphatic rings. The molecule has 1 amide bonds. The molecule has 0 bridgehead atoms. The van der Waals surface area contributed by atoms with Crippen LogP contribution in [0.3, 0.4) is 0 Å². The zero-order valence-corrected chi connectivity index (χ0v) is 13.4. The summed E-state index contributed by atoms with van der Waals surface area (Å²) in [7, 11) is 0. The number of amides is 1. The third-order valence-electron chi connectivity index (χ3n) is 4.41. The van der Waals surface area contributed by atoms with Crippen molar-refractivity contribution in [1.29, 1.82) is 0 Å². The third kappa shape index (κ3) is 2.61. The molecule has 0 unspecified atom stereocenters. The van der Waals surface area contributed by atoms with Crippen LogP contribution in [-0.2, 0) is 10.4 Å². The predicted octanol–water partition coefficient (Wildman–Crippen LogP) is 3.34. The van der Waals surface area contributed by atoms with Gasteiger partial charge >= 0.3 is 0 Å². The maximum Gasteiger partial charge on any atom is 0.226 e. The molecular weight excluding hydrogens is 278 g/mol. The molecular formula is C17H23N3O2. The SMILES string of the molecule is CCC(=O)Nc1nc2ccc(C(C)(C)O)cc2n1C1CCC1. The van der Waals surface area contributed by atoms with E-state index >= 15 is 0 Å². The first-order valence-corrected chi connectivity index (χ1v) is 7.95. The molecule has 118 valence electrons. The number of fused-ring (bicyclic) bond motifs is 1. The van der Waals surface area contributed by atoms with Crippen LogP contribution in [0.1, 0.15) is 58.1 Å². The molecule has 5 nitrogen and oxygen atoms in total. The first kappa shape index (κ1) is 15.0. The van der Waals surface area contributed by atoms with E-state index in [9.17, 15) is 9.90 Å². The van der Waals surface area contributed by atoms with Crippen LogP contribution in [0.2, 0.25) is 0 Å². The Morgan fingerprint density at radius 2 is 2.18 bits per heavy atom. The minimum Gasteiger partial charge on any atom is -0.386 e. The van der Waals surface area contributed by atoms with Crippen LogP contribution in [0.25, 0.3) is 11.0 Å². The van der Waals surface area contributed by atoms with Crippen molar-refractivity contribution in [3.8, 4) is 0 Å². The highest BCUT2D eigenvalue weighted by atomic mass is 16.3. The van der Waals surface area contributed by atoms with Gasteiger partial charge in [0.2, 0.25) is 11.9 Å². The summed E-state index contributed by atoms with van der Waals surface area (Å²) in [6, 6.07) is 6.18. The van der Waals surface area contributed by atoms with Gasteiger partial charge in [0.1, 0.15) is 0 Å². The van der Waals surface area contributed by atoms with Crippen molar-refractivity contribution in [2.45, 2.75) is 58.1 Å². The van der Waals surface area contributed by atoms with Gasteiger partial charge < -0.3 is 9.67 Å². The predicted molar refractivity (Wildman–Crippen MR) is 86.8 cm³/mol. The van der Waals surface area contributed by atoms with Crippen LogP contribution in [0, 0.1) is 0 Å². The zero-order valence-electron chi connectivity index (χ0n) is 13.4. The van der Waals surface area contributed by atoms with Gasteiger partial charge in [-0.2, -0.15) is 0 Å². The van der Waals surface area contributed by atoms with E-state index in [0.717, 1.165) is 29.4 Å². The first-order chi connectivity index (χ1) is 10.4. The van der Waals surface area contributed by atoms with Crippen molar-refractivity contribution in [1.82, 2.24) is 9.55 Å². The number of carbonyl (C=O) groups is 1. The van der Waals surface area contributed by atoms with Crippen LogP contribution >= 0.6 is 0 Å². The Kier molecular flexibility index (Phi) is 3.68. The van der Waals surface area contributed by atoms with E-state index in [2.05, 4.69) is 14.9 Å². The molecule has 1 fully saturated rings. The normalized spacial score (nSPS) is 15.8. The second kappa shape index (κ2) is 5.39. The lowest BCUT2D eigenvalue weighted by Crippen LogP contribution is -2.22. The number of rotatable bonds is 4. The second-order valence-corrected chi connectivity index (χ2v) is 6.55. The number of nitrogens with zero attached hydrogens (tertiary/aromatic N) is 2. The van der Waals surface area contributed by atoms with Gasteiger partial charge in [-0.1, -0.05) is 13.0 Å². The lowest BCUT2D eigenvalue weighted by atomic mass is 9.92. The Bertz CT molecular complexity index is 708. The van der Waals surface area contributed by atoms with E-state index in [-0.39, 0.29) is 5.91 Å². The van der Waals surface area contributed by atoms with Gasteiger partial charge in [0.15, 0.2) is 0 Å². The standard InChI is InChI=1S/C17H23N3O2/c1-4-15(21)19-16-18-13-9-8-11(17(2,3)22)10-14(13)20(16)12-6-5-7-12/h8-10,12,22H,4-7H2,1-3H3,(H,18,19,21). The van der Waals surface area contributed by atoms with Crippen LogP contribution in [0.5, 0.6) is 0 Å². The minimum atomic E-state index is -0.893. The number of imidazole rings is 1. The summed E-state index contributed by atoms with van der Waals surface area (Å²) >= 11 is 0. The number of aromatic nitrogens is 2. The highest BCUT2D eigenvalue weighted by molar-refractivity contribution is 5.91. The average molecular weight is 301 g/mol. The molecule has 22 heavy (non-hydrogen) atoms. The molecule has 5 heteroatoms.